The summed E-state index contributed by atoms with van der Waals surface area (Å²) in [5.74, 6) is -0.329. The zero-order valence-electron chi connectivity index (χ0n) is 8.80. The zero-order chi connectivity index (χ0) is 12.0. The molecule has 2 amide bonds. The Balaban J connectivity index is 2.59. The normalized spacial score (nSPS) is 11.6. The first-order valence-corrected chi connectivity index (χ1v) is 5.35. The molecule has 2 N–H and O–H groups in total. The molecule has 0 bridgehead atoms. The van der Waals surface area contributed by atoms with Crippen molar-refractivity contribution in [3.05, 3.63) is 24.5 Å². The highest BCUT2D eigenvalue weighted by molar-refractivity contribution is 7.80. The summed E-state index contributed by atoms with van der Waals surface area (Å²) in [4.78, 5) is 26.4. The second kappa shape index (κ2) is 6.12. The van der Waals surface area contributed by atoms with Gasteiger partial charge in [0, 0.05) is 18.9 Å². The van der Waals surface area contributed by atoms with Gasteiger partial charge in [-0.1, -0.05) is 0 Å². The Morgan fingerprint density at radius 1 is 1.56 bits per heavy atom. The summed E-state index contributed by atoms with van der Waals surface area (Å²) >= 11 is 4.00. The Kier molecular flexibility index (Phi) is 4.78. The van der Waals surface area contributed by atoms with Crippen LogP contribution in [0.2, 0.25) is 0 Å². The van der Waals surface area contributed by atoms with Gasteiger partial charge in [-0.3, -0.25) is 14.6 Å². The van der Waals surface area contributed by atoms with E-state index in [0.717, 1.165) is 0 Å². The highest BCUT2D eigenvalue weighted by atomic mass is 32.1. The molecular formula is C10H13N3O2S. The monoisotopic (exact) mass is 239 g/mol. The molecule has 1 heterocycles. The van der Waals surface area contributed by atoms with E-state index in [-0.39, 0.29) is 17.6 Å². The molecule has 0 aliphatic carbocycles. The van der Waals surface area contributed by atoms with Crippen molar-refractivity contribution in [2.45, 2.75) is 13.0 Å². The summed E-state index contributed by atoms with van der Waals surface area (Å²) in [5.41, 5.74) is 0.588. The summed E-state index contributed by atoms with van der Waals surface area (Å²) in [5, 5.41) is 5.14. The third-order valence-corrected chi connectivity index (χ3v) is 2.17. The van der Waals surface area contributed by atoms with Crippen LogP contribution in [0, 0.1) is 0 Å². The molecule has 0 saturated heterocycles. The van der Waals surface area contributed by atoms with Crippen LogP contribution in [-0.2, 0) is 9.59 Å². The number of thiol groups is 1. The second-order valence-corrected chi connectivity index (χ2v) is 3.53. The Morgan fingerprint density at radius 2 is 2.31 bits per heavy atom. The van der Waals surface area contributed by atoms with Crippen LogP contribution in [0.1, 0.15) is 6.92 Å². The quantitative estimate of drug-likeness (QED) is 0.668. The Labute approximate surface area is 99.1 Å². The Morgan fingerprint density at radius 3 is 2.81 bits per heavy atom. The van der Waals surface area contributed by atoms with E-state index in [9.17, 15) is 9.59 Å². The molecule has 1 unspecified atom stereocenters. The summed E-state index contributed by atoms with van der Waals surface area (Å²) in [6.07, 6.45) is 3.14. The van der Waals surface area contributed by atoms with Gasteiger partial charge in [-0.2, -0.15) is 12.6 Å². The minimum atomic E-state index is -0.638. The zero-order valence-corrected chi connectivity index (χ0v) is 9.70. The van der Waals surface area contributed by atoms with Gasteiger partial charge in [0.15, 0.2) is 0 Å². The van der Waals surface area contributed by atoms with E-state index < -0.39 is 6.04 Å². The summed E-state index contributed by atoms with van der Waals surface area (Å²) in [6.45, 7) is 1.35. The summed E-state index contributed by atoms with van der Waals surface area (Å²) < 4.78 is 0. The van der Waals surface area contributed by atoms with Crippen LogP contribution in [-0.4, -0.2) is 28.6 Å². The average molecular weight is 239 g/mol. The van der Waals surface area contributed by atoms with Gasteiger partial charge in [-0.05, 0) is 12.1 Å². The number of aromatic nitrogens is 1. The average Bonchev–Trinajstić information content (AvgIpc) is 2.26. The molecule has 0 spiro atoms. The number of hydrogen-bond donors (Lipinski definition) is 3. The topological polar surface area (TPSA) is 71.1 Å². The number of nitrogens with zero attached hydrogens (tertiary/aromatic N) is 1. The highest BCUT2D eigenvalue weighted by Crippen LogP contribution is 2.03. The molecule has 16 heavy (non-hydrogen) atoms. The number of carbonyl (C=O) groups excluding carboxylic acids is 2. The maximum atomic E-state index is 11.7. The lowest BCUT2D eigenvalue weighted by Crippen LogP contribution is -2.44. The molecule has 1 aromatic rings. The van der Waals surface area contributed by atoms with Crippen LogP contribution in [0.15, 0.2) is 24.5 Å². The third kappa shape index (κ3) is 3.90. The van der Waals surface area contributed by atoms with E-state index in [1.165, 1.54) is 13.1 Å². The van der Waals surface area contributed by atoms with Gasteiger partial charge in [-0.15, -0.1) is 0 Å². The molecule has 1 rings (SSSR count). The fourth-order valence-electron chi connectivity index (χ4n) is 1.11. The standard InChI is InChI=1S/C10H13N3O2S/c1-7(14)12-9(6-16)10(15)13-8-3-2-4-11-5-8/h2-5,9,16H,6H2,1H3,(H,12,14)(H,13,15). The van der Waals surface area contributed by atoms with E-state index in [0.29, 0.717) is 5.69 Å². The van der Waals surface area contributed by atoms with E-state index in [4.69, 9.17) is 0 Å². The molecule has 1 atom stereocenters. The van der Waals surface area contributed by atoms with Crippen molar-refractivity contribution in [3.8, 4) is 0 Å². The predicted molar refractivity (Wildman–Crippen MR) is 64.3 cm³/mol. The van der Waals surface area contributed by atoms with Crippen molar-refractivity contribution in [2.24, 2.45) is 0 Å². The predicted octanol–water partition coefficient (Wildman–Crippen LogP) is 0.455. The van der Waals surface area contributed by atoms with E-state index in [2.05, 4.69) is 28.2 Å². The first-order valence-electron chi connectivity index (χ1n) is 4.72. The van der Waals surface area contributed by atoms with Gasteiger partial charge in [-0.25, -0.2) is 0 Å². The number of amides is 2. The van der Waals surface area contributed by atoms with Crippen LogP contribution in [0.4, 0.5) is 5.69 Å². The van der Waals surface area contributed by atoms with Crippen molar-refractivity contribution in [1.29, 1.82) is 0 Å². The minimum Gasteiger partial charge on any atom is -0.344 e. The molecule has 0 fully saturated rings. The van der Waals surface area contributed by atoms with E-state index >= 15 is 0 Å². The van der Waals surface area contributed by atoms with Crippen molar-refractivity contribution >= 4 is 30.1 Å². The molecule has 6 heteroatoms. The van der Waals surface area contributed by atoms with Crippen molar-refractivity contribution < 1.29 is 9.59 Å². The first-order chi connectivity index (χ1) is 7.63. The highest BCUT2D eigenvalue weighted by Gasteiger charge is 2.17. The van der Waals surface area contributed by atoms with Crippen molar-refractivity contribution in [2.75, 3.05) is 11.1 Å². The van der Waals surface area contributed by atoms with Gasteiger partial charge < -0.3 is 10.6 Å². The van der Waals surface area contributed by atoms with Crippen LogP contribution in [0.5, 0.6) is 0 Å². The maximum absolute atomic E-state index is 11.7. The summed E-state index contributed by atoms with van der Waals surface area (Å²) in [7, 11) is 0. The molecule has 5 nitrogen and oxygen atoms in total. The number of nitrogens with one attached hydrogen (secondary N) is 2. The first kappa shape index (κ1) is 12.5. The smallest absolute Gasteiger partial charge is 0.247 e. The van der Waals surface area contributed by atoms with E-state index in [1.54, 1.807) is 18.3 Å². The number of pyridine rings is 1. The van der Waals surface area contributed by atoms with Crippen LogP contribution >= 0.6 is 12.6 Å². The lowest BCUT2D eigenvalue weighted by molar-refractivity contribution is -0.124. The molecule has 1 aromatic heterocycles. The van der Waals surface area contributed by atoms with Crippen molar-refractivity contribution in [1.82, 2.24) is 10.3 Å². The fraction of sp³-hybridized carbons (Fsp3) is 0.300. The van der Waals surface area contributed by atoms with E-state index in [1.807, 2.05) is 0 Å². The van der Waals surface area contributed by atoms with Crippen molar-refractivity contribution in [3.63, 3.8) is 0 Å². The Bertz CT molecular complexity index is 370. The number of hydrogen-bond acceptors (Lipinski definition) is 4. The van der Waals surface area contributed by atoms with Gasteiger partial charge in [0.1, 0.15) is 6.04 Å². The largest absolute Gasteiger partial charge is 0.344 e. The molecule has 0 aliphatic rings. The van der Waals surface area contributed by atoms with Gasteiger partial charge >= 0.3 is 0 Å². The van der Waals surface area contributed by atoms with Gasteiger partial charge in [0.05, 0.1) is 11.9 Å². The fourth-order valence-corrected chi connectivity index (χ4v) is 1.36. The third-order valence-electron chi connectivity index (χ3n) is 1.81. The lowest BCUT2D eigenvalue weighted by atomic mass is 10.3. The van der Waals surface area contributed by atoms with Gasteiger partial charge in [0.2, 0.25) is 11.8 Å². The Hall–Kier alpha value is -1.56. The molecular weight excluding hydrogens is 226 g/mol. The minimum absolute atomic E-state index is 0.242. The lowest BCUT2D eigenvalue weighted by Gasteiger charge is -2.14. The summed E-state index contributed by atoms with van der Waals surface area (Å²) in [6, 6.07) is 2.79. The molecule has 0 radical (unpaired) electrons. The van der Waals surface area contributed by atoms with Crippen LogP contribution < -0.4 is 10.6 Å². The van der Waals surface area contributed by atoms with Gasteiger partial charge in [0.25, 0.3) is 0 Å². The SMILES string of the molecule is CC(=O)NC(CS)C(=O)Nc1cccnc1. The molecule has 86 valence electrons. The van der Waals surface area contributed by atoms with Crippen LogP contribution in [0.3, 0.4) is 0 Å². The molecule has 0 aromatic carbocycles. The number of carbonyl (C=O) groups is 2. The second-order valence-electron chi connectivity index (χ2n) is 3.17. The number of anilines is 1. The molecule has 0 aliphatic heterocycles. The molecule has 0 saturated carbocycles. The van der Waals surface area contributed by atoms with Crippen LogP contribution in [0.25, 0.3) is 0 Å². The number of rotatable bonds is 4. The maximum Gasteiger partial charge on any atom is 0.247 e.